The number of aliphatic hydroxyl groups is 1. The number of anilines is 1. The van der Waals surface area contributed by atoms with Crippen LogP contribution in [0.5, 0.6) is 0 Å². The molecule has 0 radical (unpaired) electrons. The van der Waals surface area contributed by atoms with E-state index in [9.17, 15) is 4.79 Å². The van der Waals surface area contributed by atoms with E-state index in [1.807, 2.05) is 6.07 Å². The zero-order chi connectivity index (χ0) is 13.5. The molecule has 1 amide bonds. The summed E-state index contributed by atoms with van der Waals surface area (Å²) in [6, 6.07) is 7.19. The van der Waals surface area contributed by atoms with E-state index in [1.54, 1.807) is 18.2 Å². The fourth-order valence-electron chi connectivity index (χ4n) is 1.87. The second-order valence-corrected chi connectivity index (χ2v) is 4.91. The number of nitrogens with two attached hydrogens (primary N) is 1. The molecule has 0 aliphatic carbocycles. The summed E-state index contributed by atoms with van der Waals surface area (Å²) in [5.41, 5.74) is 7.11. The van der Waals surface area contributed by atoms with Gasteiger partial charge < -0.3 is 16.2 Å². The summed E-state index contributed by atoms with van der Waals surface area (Å²) >= 11 is 0. The predicted molar refractivity (Wildman–Crippen MR) is 73.0 cm³/mol. The Morgan fingerprint density at radius 1 is 1.44 bits per heavy atom. The van der Waals surface area contributed by atoms with Crippen LogP contribution in [0.15, 0.2) is 24.3 Å². The van der Waals surface area contributed by atoms with Crippen LogP contribution < -0.4 is 11.1 Å². The van der Waals surface area contributed by atoms with Crippen molar-refractivity contribution < 1.29 is 9.90 Å². The Morgan fingerprint density at radius 3 is 2.72 bits per heavy atom. The van der Waals surface area contributed by atoms with Gasteiger partial charge in [0.15, 0.2) is 0 Å². The summed E-state index contributed by atoms with van der Waals surface area (Å²) < 4.78 is 0. The van der Waals surface area contributed by atoms with Crippen LogP contribution in [0.3, 0.4) is 0 Å². The topological polar surface area (TPSA) is 75.4 Å². The van der Waals surface area contributed by atoms with Crippen molar-refractivity contribution in [2.24, 2.45) is 17.6 Å². The number of nitrogens with one attached hydrogen (secondary N) is 1. The van der Waals surface area contributed by atoms with Crippen LogP contribution in [0.4, 0.5) is 5.69 Å². The SMILES string of the molecule is CC(C)CC(CN)C(=O)Nc1cccc(CO)c1. The van der Waals surface area contributed by atoms with E-state index >= 15 is 0 Å². The third-order valence-corrected chi connectivity index (χ3v) is 2.79. The van der Waals surface area contributed by atoms with E-state index in [2.05, 4.69) is 19.2 Å². The molecule has 0 saturated carbocycles. The highest BCUT2D eigenvalue weighted by molar-refractivity contribution is 5.92. The van der Waals surface area contributed by atoms with Gasteiger partial charge in [-0.1, -0.05) is 26.0 Å². The van der Waals surface area contributed by atoms with Crippen molar-refractivity contribution in [3.63, 3.8) is 0 Å². The van der Waals surface area contributed by atoms with Gasteiger partial charge in [-0.25, -0.2) is 0 Å². The van der Waals surface area contributed by atoms with Gasteiger partial charge in [0, 0.05) is 12.2 Å². The summed E-state index contributed by atoms with van der Waals surface area (Å²) in [5, 5.41) is 11.9. The highest BCUT2D eigenvalue weighted by atomic mass is 16.3. The minimum atomic E-state index is -0.164. The second kappa shape index (κ2) is 7.13. The quantitative estimate of drug-likeness (QED) is 0.720. The molecule has 1 unspecified atom stereocenters. The summed E-state index contributed by atoms with van der Waals surface area (Å²) in [7, 11) is 0. The molecule has 4 heteroatoms. The number of amides is 1. The number of carbonyl (C=O) groups is 1. The first-order valence-electron chi connectivity index (χ1n) is 6.27. The number of carbonyl (C=O) groups excluding carboxylic acids is 1. The van der Waals surface area contributed by atoms with Crippen molar-refractivity contribution >= 4 is 11.6 Å². The van der Waals surface area contributed by atoms with E-state index in [0.29, 0.717) is 18.2 Å². The minimum absolute atomic E-state index is 0.0317. The van der Waals surface area contributed by atoms with Crippen LogP contribution in [0, 0.1) is 11.8 Å². The van der Waals surface area contributed by atoms with E-state index in [1.165, 1.54) is 0 Å². The number of rotatable bonds is 6. The lowest BCUT2D eigenvalue weighted by atomic mass is 9.96. The van der Waals surface area contributed by atoms with Gasteiger partial charge in [-0.15, -0.1) is 0 Å². The van der Waals surface area contributed by atoms with Crippen molar-refractivity contribution in [2.45, 2.75) is 26.9 Å². The van der Waals surface area contributed by atoms with Crippen molar-refractivity contribution in [3.8, 4) is 0 Å². The lowest BCUT2D eigenvalue weighted by Crippen LogP contribution is -2.30. The maximum absolute atomic E-state index is 12.0. The van der Waals surface area contributed by atoms with Gasteiger partial charge in [-0.3, -0.25) is 4.79 Å². The summed E-state index contributed by atoms with van der Waals surface area (Å²) in [6.45, 7) is 4.46. The number of hydrogen-bond donors (Lipinski definition) is 3. The highest BCUT2D eigenvalue weighted by Gasteiger charge is 2.18. The standard InChI is InChI=1S/C14H22N2O2/c1-10(2)6-12(8-15)14(18)16-13-5-3-4-11(7-13)9-17/h3-5,7,10,12,17H,6,8-9,15H2,1-2H3,(H,16,18). The predicted octanol–water partition coefficient (Wildman–Crippen LogP) is 1.74. The van der Waals surface area contributed by atoms with Crippen LogP contribution in [-0.4, -0.2) is 17.6 Å². The molecule has 4 N–H and O–H groups in total. The average Bonchev–Trinajstić information content (AvgIpc) is 2.35. The summed E-state index contributed by atoms with van der Waals surface area (Å²) in [6.07, 6.45) is 0.780. The molecule has 1 aromatic carbocycles. The van der Waals surface area contributed by atoms with E-state index in [4.69, 9.17) is 10.8 Å². The third kappa shape index (κ3) is 4.47. The molecule has 0 aromatic heterocycles. The van der Waals surface area contributed by atoms with Crippen molar-refractivity contribution in [1.29, 1.82) is 0 Å². The molecule has 0 bridgehead atoms. The zero-order valence-corrected chi connectivity index (χ0v) is 11.0. The van der Waals surface area contributed by atoms with Crippen LogP contribution in [0.1, 0.15) is 25.8 Å². The number of benzene rings is 1. The molecule has 4 nitrogen and oxygen atoms in total. The first-order valence-corrected chi connectivity index (χ1v) is 6.27. The molecule has 1 aromatic rings. The Bertz CT molecular complexity index is 391. The van der Waals surface area contributed by atoms with Gasteiger partial charge in [-0.2, -0.15) is 0 Å². The van der Waals surface area contributed by atoms with Gasteiger partial charge in [0.2, 0.25) is 5.91 Å². The molecular formula is C14H22N2O2. The fourth-order valence-corrected chi connectivity index (χ4v) is 1.87. The zero-order valence-electron chi connectivity index (χ0n) is 11.0. The molecule has 0 spiro atoms. The molecule has 1 atom stereocenters. The van der Waals surface area contributed by atoms with Gasteiger partial charge in [0.1, 0.15) is 0 Å². The summed E-state index contributed by atoms with van der Waals surface area (Å²) in [5.74, 6) is 0.220. The van der Waals surface area contributed by atoms with Crippen molar-refractivity contribution in [1.82, 2.24) is 0 Å². The Morgan fingerprint density at radius 2 is 2.17 bits per heavy atom. The summed E-state index contributed by atoms with van der Waals surface area (Å²) in [4.78, 5) is 12.0. The monoisotopic (exact) mass is 250 g/mol. The maximum atomic E-state index is 12.0. The van der Waals surface area contributed by atoms with Crippen LogP contribution >= 0.6 is 0 Å². The van der Waals surface area contributed by atoms with E-state index in [0.717, 1.165) is 12.0 Å². The smallest absolute Gasteiger partial charge is 0.228 e. The Labute approximate surface area is 108 Å². The fraction of sp³-hybridized carbons (Fsp3) is 0.500. The number of aliphatic hydroxyl groups excluding tert-OH is 1. The van der Waals surface area contributed by atoms with E-state index in [-0.39, 0.29) is 18.4 Å². The van der Waals surface area contributed by atoms with Crippen LogP contribution in [-0.2, 0) is 11.4 Å². The third-order valence-electron chi connectivity index (χ3n) is 2.79. The molecular weight excluding hydrogens is 228 g/mol. The minimum Gasteiger partial charge on any atom is -0.392 e. The van der Waals surface area contributed by atoms with Gasteiger partial charge in [0.25, 0.3) is 0 Å². The highest BCUT2D eigenvalue weighted by Crippen LogP contribution is 2.15. The maximum Gasteiger partial charge on any atom is 0.228 e. The normalized spacial score (nSPS) is 12.5. The van der Waals surface area contributed by atoms with E-state index < -0.39 is 0 Å². The Kier molecular flexibility index (Phi) is 5.82. The molecule has 0 fully saturated rings. The van der Waals surface area contributed by atoms with Gasteiger partial charge in [-0.05, 0) is 30.0 Å². The average molecular weight is 250 g/mol. The molecule has 0 aliphatic heterocycles. The molecule has 0 heterocycles. The van der Waals surface area contributed by atoms with Crippen molar-refractivity contribution in [2.75, 3.05) is 11.9 Å². The lowest BCUT2D eigenvalue weighted by molar-refractivity contribution is -0.120. The lowest BCUT2D eigenvalue weighted by Gasteiger charge is -2.17. The largest absolute Gasteiger partial charge is 0.392 e. The van der Waals surface area contributed by atoms with Gasteiger partial charge >= 0.3 is 0 Å². The first-order chi connectivity index (χ1) is 8.56. The molecule has 100 valence electrons. The molecule has 0 saturated heterocycles. The molecule has 1 rings (SSSR count). The Hall–Kier alpha value is -1.39. The second-order valence-electron chi connectivity index (χ2n) is 4.91. The van der Waals surface area contributed by atoms with Crippen LogP contribution in [0.2, 0.25) is 0 Å². The van der Waals surface area contributed by atoms with Crippen LogP contribution in [0.25, 0.3) is 0 Å². The first kappa shape index (κ1) is 14.7. The molecule has 0 aliphatic rings. The van der Waals surface area contributed by atoms with Gasteiger partial charge in [0.05, 0.1) is 12.5 Å². The molecule has 18 heavy (non-hydrogen) atoms. The van der Waals surface area contributed by atoms with Crippen molar-refractivity contribution in [3.05, 3.63) is 29.8 Å². The Balaban J connectivity index is 2.67. The number of hydrogen-bond acceptors (Lipinski definition) is 3.